The molecule has 0 amide bonds. The summed E-state index contributed by atoms with van der Waals surface area (Å²) in [7, 11) is -3.33. The van der Waals surface area contributed by atoms with Crippen LogP contribution in [0.4, 0.5) is 0 Å². The number of aryl methyl sites for hydroxylation is 2. The predicted molar refractivity (Wildman–Crippen MR) is 107 cm³/mol. The number of benzene rings is 2. The van der Waals surface area contributed by atoms with E-state index in [1.54, 1.807) is 0 Å². The molecule has 0 fully saturated rings. The number of hydrogen-bond donors (Lipinski definition) is 1. The number of aromatic nitrogens is 2. The van der Waals surface area contributed by atoms with Crippen molar-refractivity contribution >= 4 is 20.9 Å². The van der Waals surface area contributed by atoms with Gasteiger partial charge in [0.05, 0.1) is 30.2 Å². The molecule has 27 heavy (non-hydrogen) atoms. The minimum atomic E-state index is -3.33. The Morgan fingerprint density at radius 3 is 2.63 bits per heavy atom. The van der Waals surface area contributed by atoms with Gasteiger partial charge in [0.1, 0.15) is 0 Å². The van der Waals surface area contributed by atoms with Gasteiger partial charge in [0.25, 0.3) is 0 Å². The Hall–Kier alpha value is -2.22. The van der Waals surface area contributed by atoms with E-state index >= 15 is 0 Å². The highest BCUT2D eigenvalue weighted by Crippen LogP contribution is 2.17. The zero-order chi connectivity index (χ0) is 19.1. The number of rotatable bonds is 10. The van der Waals surface area contributed by atoms with Crippen LogP contribution in [0.2, 0.25) is 0 Å². The summed E-state index contributed by atoms with van der Waals surface area (Å²) in [6.07, 6.45) is 0.676. The van der Waals surface area contributed by atoms with E-state index in [2.05, 4.69) is 9.82 Å². The second kappa shape index (κ2) is 9.12. The fourth-order valence-electron chi connectivity index (χ4n) is 2.93. The molecule has 3 rings (SSSR count). The summed E-state index contributed by atoms with van der Waals surface area (Å²) < 4.78 is 34.1. The third-order valence-corrected chi connectivity index (χ3v) is 5.67. The number of nitrogens with zero attached hydrogens (tertiary/aromatic N) is 2. The SMILES string of the molecule is Cc1nn(CCCNS(=O)(=O)CCOCc2ccccc2)c2ccccc12. The lowest BCUT2D eigenvalue weighted by molar-refractivity contribution is 0.135. The molecule has 0 bridgehead atoms. The zero-order valence-electron chi connectivity index (χ0n) is 15.5. The highest BCUT2D eigenvalue weighted by molar-refractivity contribution is 7.89. The lowest BCUT2D eigenvalue weighted by atomic mass is 10.2. The molecule has 0 aliphatic carbocycles. The molecule has 0 radical (unpaired) electrons. The van der Waals surface area contributed by atoms with E-state index in [0.717, 1.165) is 22.2 Å². The van der Waals surface area contributed by atoms with Gasteiger partial charge in [-0.05, 0) is 25.0 Å². The van der Waals surface area contributed by atoms with Gasteiger partial charge in [0, 0.05) is 18.5 Å². The van der Waals surface area contributed by atoms with E-state index in [1.807, 2.05) is 66.2 Å². The number of fused-ring (bicyclic) bond motifs is 1. The maximum Gasteiger partial charge on any atom is 0.213 e. The van der Waals surface area contributed by atoms with E-state index in [1.165, 1.54) is 0 Å². The molecule has 0 saturated heterocycles. The summed E-state index contributed by atoms with van der Waals surface area (Å²) in [6.45, 7) is 3.63. The topological polar surface area (TPSA) is 73.2 Å². The summed E-state index contributed by atoms with van der Waals surface area (Å²) in [4.78, 5) is 0. The van der Waals surface area contributed by atoms with E-state index in [-0.39, 0.29) is 12.4 Å². The average Bonchev–Trinajstić information content (AvgIpc) is 3.00. The van der Waals surface area contributed by atoms with Crippen LogP contribution < -0.4 is 4.72 Å². The quantitative estimate of drug-likeness (QED) is 0.543. The fourth-order valence-corrected chi connectivity index (χ4v) is 3.86. The van der Waals surface area contributed by atoms with Crippen molar-refractivity contribution in [3.05, 3.63) is 65.9 Å². The van der Waals surface area contributed by atoms with Gasteiger partial charge in [-0.2, -0.15) is 5.10 Å². The monoisotopic (exact) mass is 387 g/mol. The number of ether oxygens (including phenoxy) is 1. The van der Waals surface area contributed by atoms with Gasteiger partial charge in [-0.15, -0.1) is 0 Å². The third kappa shape index (κ3) is 5.63. The van der Waals surface area contributed by atoms with Crippen LogP contribution in [-0.4, -0.2) is 37.1 Å². The molecule has 0 aliphatic rings. The van der Waals surface area contributed by atoms with Crippen molar-refractivity contribution in [2.24, 2.45) is 0 Å². The second-order valence-corrected chi connectivity index (χ2v) is 8.36. The first-order valence-electron chi connectivity index (χ1n) is 9.06. The molecule has 1 aromatic heterocycles. The summed E-state index contributed by atoms with van der Waals surface area (Å²) in [5, 5.41) is 5.67. The molecule has 0 unspecified atom stereocenters. The molecule has 1 N–H and O–H groups in total. The van der Waals surface area contributed by atoms with Gasteiger partial charge in [0.15, 0.2) is 0 Å². The lowest BCUT2D eigenvalue weighted by Crippen LogP contribution is -2.29. The van der Waals surface area contributed by atoms with Gasteiger partial charge < -0.3 is 4.74 Å². The summed E-state index contributed by atoms with van der Waals surface area (Å²) in [5.74, 6) is -0.0381. The molecule has 0 saturated carbocycles. The van der Waals surface area contributed by atoms with Crippen molar-refractivity contribution in [3.8, 4) is 0 Å². The largest absolute Gasteiger partial charge is 0.376 e. The van der Waals surface area contributed by atoms with Crippen LogP contribution in [0.3, 0.4) is 0 Å². The molecule has 0 spiro atoms. The highest BCUT2D eigenvalue weighted by atomic mass is 32.2. The molecule has 144 valence electrons. The first-order valence-corrected chi connectivity index (χ1v) is 10.7. The molecule has 2 aromatic carbocycles. The van der Waals surface area contributed by atoms with Crippen LogP contribution in [0, 0.1) is 6.92 Å². The summed E-state index contributed by atoms with van der Waals surface area (Å²) in [5.41, 5.74) is 3.10. The number of nitrogens with one attached hydrogen (secondary N) is 1. The van der Waals surface area contributed by atoms with E-state index < -0.39 is 10.0 Å². The smallest absolute Gasteiger partial charge is 0.213 e. The van der Waals surface area contributed by atoms with Crippen molar-refractivity contribution in [2.45, 2.75) is 26.5 Å². The van der Waals surface area contributed by atoms with Crippen LogP contribution in [0.25, 0.3) is 10.9 Å². The Labute approximate surface area is 160 Å². The van der Waals surface area contributed by atoms with Crippen molar-refractivity contribution in [1.29, 1.82) is 0 Å². The van der Waals surface area contributed by atoms with E-state index in [9.17, 15) is 8.42 Å². The number of sulfonamides is 1. The Bertz CT molecular complexity index is 969. The minimum Gasteiger partial charge on any atom is -0.376 e. The van der Waals surface area contributed by atoms with Gasteiger partial charge in [-0.1, -0.05) is 48.5 Å². The van der Waals surface area contributed by atoms with Gasteiger partial charge in [-0.25, -0.2) is 13.1 Å². The van der Waals surface area contributed by atoms with Crippen molar-refractivity contribution in [3.63, 3.8) is 0 Å². The third-order valence-electron chi connectivity index (χ3n) is 4.32. The molecule has 0 atom stereocenters. The molecule has 7 heteroatoms. The van der Waals surface area contributed by atoms with E-state index in [0.29, 0.717) is 26.1 Å². The molecular weight excluding hydrogens is 362 g/mol. The summed E-state index contributed by atoms with van der Waals surface area (Å²) in [6, 6.07) is 17.8. The average molecular weight is 388 g/mol. The second-order valence-electron chi connectivity index (χ2n) is 6.43. The Kier molecular flexibility index (Phi) is 6.60. The minimum absolute atomic E-state index is 0.0381. The fraction of sp³-hybridized carbons (Fsp3) is 0.350. The maximum absolute atomic E-state index is 12.1. The van der Waals surface area contributed by atoms with Crippen LogP contribution in [0.15, 0.2) is 54.6 Å². The highest BCUT2D eigenvalue weighted by Gasteiger charge is 2.10. The summed E-state index contributed by atoms with van der Waals surface area (Å²) >= 11 is 0. The number of hydrogen-bond acceptors (Lipinski definition) is 4. The normalized spacial score (nSPS) is 11.9. The molecule has 0 aliphatic heterocycles. The van der Waals surface area contributed by atoms with Gasteiger partial charge in [0.2, 0.25) is 10.0 Å². The maximum atomic E-state index is 12.1. The Morgan fingerprint density at radius 1 is 1.07 bits per heavy atom. The number of para-hydroxylation sites is 1. The standard InChI is InChI=1S/C20H25N3O3S/c1-17-19-10-5-6-11-20(19)23(22-17)13-7-12-21-27(24,25)15-14-26-16-18-8-3-2-4-9-18/h2-6,8-11,21H,7,12-16H2,1H3. The lowest BCUT2D eigenvalue weighted by Gasteiger charge is -2.08. The van der Waals surface area contributed by atoms with Crippen molar-refractivity contribution in [1.82, 2.24) is 14.5 Å². The van der Waals surface area contributed by atoms with Crippen LogP contribution >= 0.6 is 0 Å². The molecule has 1 heterocycles. The Morgan fingerprint density at radius 2 is 1.81 bits per heavy atom. The zero-order valence-corrected chi connectivity index (χ0v) is 16.3. The van der Waals surface area contributed by atoms with Crippen LogP contribution in [0.5, 0.6) is 0 Å². The first-order chi connectivity index (χ1) is 13.1. The van der Waals surface area contributed by atoms with Crippen LogP contribution in [-0.2, 0) is 27.9 Å². The van der Waals surface area contributed by atoms with Gasteiger partial charge in [-0.3, -0.25) is 4.68 Å². The van der Waals surface area contributed by atoms with Crippen molar-refractivity contribution in [2.75, 3.05) is 18.9 Å². The molecule has 6 nitrogen and oxygen atoms in total. The van der Waals surface area contributed by atoms with Crippen LogP contribution in [0.1, 0.15) is 17.7 Å². The Balaban J connectivity index is 1.38. The van der Waals surface area contributed by atoms with E-state index in [4.69, 9.17) is 4.74 Å². The predicted octanol–water partition coefficient (Wildman–Crippen LogP) is 2.87. The molecule has 3 aromatic rings. The van der Waals surface area contributed by atoms with Gasteiger partial charge >= 0.3 is 0 Å². The van der Waals surface area contributed by atoms with Crippen molar-refractivity contribution < 1.29 is 13.2 Å². The first kappa shape index (κ1) is 19.5. The molecular formula is C20H25N3O3S.